The van der Waals surface area contributed by atoms with Crippen molar-refractivity contribution in [2.24, 2.45) is 0 Å². The average Bonchev–Trinajstić information content (AvgIpc) is 2.30. The van der Waals surface area contributed by atoms with E-state index in [-0.39, 0.29) is 0 Å². The van der Waals surface area contributed by atoms with E-state index >= 15 is 0 Å². The number of carbonyl (C=O) groups is 1. The van der Waals surface area contributed by atoms with Gasteiger partial charge in [-0.3, -0.25) is 0 Å². The highest BCUT2D eigenvalue weighted by atomic mass is 28.3. The van der Waals surface area contributed by atoms with Gasteiger partial charge in [-0.2, -0.15) is 0 Å². The van der Waals surface area contributed by atoms with Gasteiger partial charge in [-0.05, 0) is 25.3 Å². The maximum absolute atomic E-state index is 10.8. The maximum atomic E-state index is 10.8. The van der Waals surface area contributed by atoms with Gasteiger partial charge in [0.2, 0.25) is 0 Å². The monoisotopic (exact) mass is 263 g/mol. The van der Waals surface area contributed by atoms with Crippen LogP contribution in [0.4, 0.5) is 4.79 Å². The molecule has 0 aromatic heterocycles. The molecule has 0 aromatic rings. The average molecular weight is 263 g/mol. The quantitative estimate of drug-likeness (QED) is 0.511. The lowest BCUT2D eigenvalue weighted by Crippen LogP contribution is -2.30. The Morgan fingerprint density at radius 3 is 2.35 bits per heavy atom. The van der Waals surface area contributed by atoms with Gasteiger partial charge in [0.15, 0.2) is 0 Å². The molecule has 0 fully saturated rings. The lowest BCUT2D eigenvalue weighted by Gasteiger charge is -2.20. The molecule has 1 N–H and O–H groups in total. The molecule has 1 atom stereocenters. The van der Waals surface area contributed by atoms with Crippen molar-refractivity contribution in [3.05, 3.63) is 0 Å². The lowest BCUT2D eigenvalue weighted by molar-refractivity contribution is 0.146. The molecule has 0 aliphatic heterocycles. The Labute approximate surface area is 106 Å². The van der Waals surface area contributed by atoms with Crippen LogP contribution in [-0.2, 0) is 8.85 Å². The minimum atomic E-state index is -1.51. The van der Waals surface area contributed by atoms with Gasteiger partial charge in [0.1, 0.15) is 0 Å². The van der Waals surface area contributed by atoms with Crippen molar-refractivity contribution in [2.75, 3.05) is 27.3 Å². The van der Waals surface area contributed by atoms with Gasteiger partial charge >= 0.3 is 15.4 Å². The van der Waals surface area contributed by atoms with E-state index in [2.05, 4.69) is 6.92 Å². The number of hydrogen-bond acceptors (Lipinski definition) is 3. The van der Waals surface area contributed by atoms with Crippen LogP contribution in [-0.4, -0.2) is 52.7 Å². The fourth-order valence-corrected chi connectivity index (χ4v) is 3.48. The van der Waals surface area contributed by atoms with E-state index in [0.717, 1.165) is 19.3 Å². The zero-order chi connectivity index (χ0) is 13.3. The Morgan fingerprint density at radius 2 is 1.94 bits per heavy atom. The van der Waals surface area contributed by atoms with E-state index in [9.17, 15) is 4.79 Å². The van der Waals surface area contributed by atoms with Crippen molar-refractivity contribution >= 4 is 15.4 Å². The third-order valence-corrected chi connectivity index (χ3v) is 5.11. The predicted octanol–water partition coefficient (Wildman–Crippen LogP) is 2.06. The Balaban J connectivity index is 3.73. The van der Waals surface area contributed by atoms with Crippen molar-refractivity contribution in [3.8, 4) is 0 Å². The molecule has 0 saturated heterocycles. The second-order valence-corrected chi connectivity index (χ2v) is 6.99. The largest absolute Gasteiger partial charge is 0.465 e. The minimum Gasteiger partial charge on any atom is -0.465 e. The van der Waals surface area contributed by atoms with E-state index < -0.39 is 15.4 Å². The molecule has 5 nitrogen and oxygen atoms in total. The summed E-state index contributed by atoms with van der Waals surface area (Å²) in [6, 6.07) is 0. The van der Waals surface area contributed by atoms with Crippen LogP contribution in [0, 0.1) is 0 Å². The molecule has 0 bridgehead atoms. The topological polar surface area (TPSA) is 59.0 Å². The van der Waals surface area contributed by atoms with Crippen LogP contribution in [0.25, 0.3) is 0 Å². The number of amides is 1. The normalized spacial score (nSPS) is 12.8. The molecule has 102 valence electrons. The highest BCUT2D eigenvalue weighted by Gasteiger charge is 2.19. The molecule has 1 amide bonds. The number of hydrogen-bond donors (Lipinski definition) is 1. The molecule has 0 heterocycles. The summed E-state index contributed by atoms with van der Waals surface area (Å²) in [5, 5.41) is 8.84. The van der Waals surface area contributed by atoms with Crippen LogP contribution in [0.3, 0.4) is 0 Å². The molecule has 0 saturated carbocycles. The first-order valence-electron chi connectivity index (χ1n) is 6.10. The molecule has 1 unspecified atom stereocenters. The van der Waals surface area contributed by atoms with Crippen LogP contribution < -0.4 is 0 Å². The van der Waals surface area contributed by atoms with E-state index in [1.807, 2.05) is 6.92 Å². The van der Waals surface area contributed by atoms with Crippen molar-refractivity contribution in [3.63, 3.8) is 0 Å². The summed E-state index contributed by atoms with van der Waals surface area (Å²) in [6.45, 7) is 5.16. The molecule has 6 heteroatoms. The number of carboxylic acid groups (broad SMARTS) is 1. The minimum absolute atomic E-state index is 0.463. The molecular weight excluding hydrogens is 238 g/mol. The first-order valence-corrected chi connectivity index (χ1v) is 7.71. The predicted molar refractivity (Wildman–Crippen MR) is 69.7 cm³/mol. The zero-order valence-corrected chi connectivity index (χ0v) is 12.5. The fourth-order valence-electron chi connectivity index (χ4n) is 1.85. The Kier molecular flexibility index (Phi) is 9.11. The standard InChI is InChI=1S/C11H25NO4Si/c1-5-12(11(13)14)9-7-6-8-10(2)17(15-3)16-4/h10,17H,5-9H2,1-4H3,(H,13,14). The number of rotatable bonds is 9. The van der Waals surface area contributed by atoms with Gasteiger partial charge in [0.05, 0.1) is 0 Å². The summed E-state index contributed by atoms with van der Waals surface area (Å²) in [4.78, 5) is 12.2. The van der Waals surface area contributed by atoms with Crippen LogP contribution in [0.1, 0.15) is 33.1 Å². The third-order valence-electron chi connectivity index (χ3n) is 2.92. The fraction of sp³-hybridized carbons (Fsp3) is 0.909. The Morgan fingerprint density at radius 1 is 1.35 bits per heavy atom. The van der Waals surface area contributed by atoms with Crippen LogP contribution in [0.2, 0.25) is 5.54 Å². The summed E-state index contributed by atoms with van der Waals surface area (Å²) >= 11 is 0. The van der Waals surface area contributed by atoms with Gasteiger partial charge in [0, 0.05) is 27.3 Å². The van der Waals surface area contributed by atoms with E-state index in [1.165, 1.54) is 4.90 Å². The smallest absolute Gasteiger partial charge is 0.407 e. The first kappa shape index (κ1) is 16.4. The van der Waals surface area contributed by atoms with Gasteiger partial charge < -0.3 is 18.9 Å². The molecule has 0 aliphatic carbocycles. The second kappa shape index (κ2) is 9.44. The Hall–Kier alpha value is -0.593. The third kappa shape index (κ3) is 6.65. The maximum Gasteiger partial charge on any atom is 0.407 e. The highest BCUT2D eigenvalue weighted by molar-refractivity contribution is 6.46. The van der Waals surface area contributed by atoms with Crippen molar-refractivity contribution in [1.29, 1.82) is 0 Å². The molecule has 0 spiro atoms. The van der Waals surface area contributed by atoms with Crippen LogP contribution in [0.5, 0.6) is 0 Å². The van der Waals surface area contributed by atoms with E-state index in [0.29, 0.717) is 18.6 Å². The molecule has 0 rings (SSSR count). The number of nitrogens with zero attached hydrogens (tertiary/aromatic N) is 1. The van der Waals surface area contributed by atoms with E-state index in [1.54, 1.807) is 14.2 Å². The molecule has 17 heavy (non-hydrogen) atoms. The Bertz CT molecular complexity index is 212. The van der Waals surface area contributed by atoms with Gasteiger partial charge in [-0.25, -0.2) is 4.79 Å². The molecule has 0 aliphatic rings. The number of unbranched alkanes of at least 4 members (excludes halogenated alkanes) is 1. The summed E-state index contributed by atoms with van der Waals surface area (Å²) in [5.74, 6) is 0. The molecular formula is C11H25NO4Si. The second-order valence-electron chi connectivity index (χ2n) is 4.18. The summed E-state index contributed by atoms with van der Waals surface area (Å²) < 4.78 is 10.6. The van der Waals surface area contributed by atoms with Gasteiger partial charge in [0.25, 0.3) is 0 Å². The van der Waals surface area contributed by atoms with Crippen LogP contribution >= 0.6 is 0 Å². The van der Waals surface area contributed by atoms with Crippen molar-refractivity contribution in [1.82, 2.24) is 4.90 Å². The molecule has 0 radical (unpaired) electrons. The lowest BCUT2D eigenvalue weighted by atomic mass is 10.2. The van der Waals surface area contributed by atoms with E-state index in [4.69, 9.17) is 14.0 Å². The highest BCUT2D eigenvalue weighted by Crippen LogP contribution is 2.18. The van der Waals surface area contributed by atoms with Crippen LogP contribution in [0.15, 0.2) is 0 Å². The summed E-state index contributed by atoms with van der Waals surface area (Å²) in [5.41, 5.74) is 0.463. The van der Waals surface area contributed by atoms with Crippen molar-refractivity contribution in [2.45, 2.75) is 38.7 Å². The molecule has 0 aromatic carbocycles. The summed E-state index contributed by atoms with van der Waals surface area (Å²) in [6.07, 6.45) is 2.12. The van der Waals surface area contributed by atoms with Crippen molar-refractivity contribution < 1.29 is 18.8 Å². The van der Waals surface area contributed by atoms with Gasteiger partial charge in [-0.15, -0.1) is 0 Å². The first-order chi connectivity index (χ1) is 8.06. The van der Waals surface area contributed by atoms with Gasteiger partial charge in [-0.1, -0.05) is 13.3 Å². The zero-order valence-electron chi connectivity index (χ0n) is 11.3. The SMILES string of the molecule is CCN(CCCCC(C)[SiH](OC)OC)C(=O)O. The summed E-state index contributed by atoms with van der Waals surface area (Å²) in [7, 11) is 1.88.